The van der Waals surface area contributed by atoms with E-state index in [9.17, 15) is 14.7 Å². The van der Waals surface area contributed by atoms with Crippen molar-refractivity contribution in [3.8, 4) is 0 Å². The SMILES string of the molecule is CN1CCN(c2ccc3c(c2)NC(=O)C3O)CC1=O. The number of nitrogens with one attached hydrogen (secondary N) is 1. The van der Waals surface area contributed by atoms with Crippen LogP contribution in [0, 0.1) is 0 Å². The van der Waals surface area contributed by atoms with Crippen LogP contribution >= 0.6 is 0 Å². The molecule has 0 aromatic heterocycles. The van der Waals surface area contributed by atoms with Gasteiger partial charge in [-0.1, -0.05) is 6.07 Å². The van der Waals surface area contributed by atoms with E-state index in [1.807, 2.05) is 17.0 Å². The average molecular weight is 261 g/mol. The van der Waals surface area contributed by atoms with Crippen LogP contribution in [0.3, 0.4) is 0 Å². The monoisotopic (exact) mass is 261 g/mol. The predicted octanol–water partition coefficient (Wildman–Crippen LogP) is -0.0495. The second-order valence-corrected chi connectivity index (χ2v) is 4.90. The Bertz CT molecular complexity index is 558. The van der Waals surface area contributed by atoms with Crippen LogP contribution in [0.15, 0.2) is 18.2 Å². The van der Waals surface area contributed by atoms with Gasteiger partial charge in [0.2, 0.25) is 5.91 Å². The Morgan fingerprint density at radius 1 is 1.32 bits per heavy atom. The molecule has 0 saturated carbocycles. The summed E-state index contributed by atoms with van der Waals surface area (Å²) in [6, 6.07) is 5.37. The molecule has 1 aromatic carbocycles. The molecule has 2 heterocycles. The molecule has 0 spiro atoms. The van der Waals surface area contributed by atoms with E-state index in [0.717, 1.165) is 12.2 Å². The molecule has 6 nitrogen and oxygen atoms in total. The highest BCUT2D eigenvalue weighted by atomic mass is 16.3. The summed E-state index contributed by atoms with van der Waals surface area (Å²) in [4.78, 5) is 26.7. The molecule has 19 heavy (non-hydrogen) atoms. The van der Waals surface area contributed by atoms with E-state index < -0.39 is 12.0 Å². The van der Waals surface area contributed by atoms with E-state index in [2.05, 4.69) is 5.32 Å². The lowest BCUT2D eigenvalue weighted by Gasteiger charge is -2.33. The first-order valence-corrected chi connectivity index (χ1v) is 6.18. The van der Waals surface area contributed by atoms with Gasteiger partial charge in [0.1, 0.15) is 0 Å². The van der Waals surface area contributed by atoms with Gasteiger partial charge in [-0.05, 0) is 12.1 Å². The van der Waals surface area contributed by atoms with Crippen molar-refractivity contribution in [2.24, 2.45) is 0 Å². The van der Waals surface area contributed by atoms with Crippen LogP contribution in [-0.4, -0.2) is 48.5 Å². The Balaban J connectivity index is 1.86. The maximum Gasteiger partial charge on any atom is 0.257 e. The Kier molecular flexibility index (Phi) is 2.67. The van der Waals surface area contributed by atoms with E-state index >= 15 is 0 Å². The molecule has 0 aliphatic carbocycles. The van der Waals surface area contributed by atoms with E-state index in [0.29, 0.717) is 24.3 Å². The number of benzene rings is 1. The van der Waals surface area contributed by atoms with Crippen molar-refractivity contribution in [1.82, 2.24) is 4.90 Å². The smallest absolute Gasteiger partial charge is 0.257 e. The zero-order valence-corrected chi connectivity index (χ0v) is 10.6. The van der Waals surface area contributed by atoms with Crippen LogP contribution in [-0.2, 0) is 9.59 Å². The Morgan fingerprint density at radius 3 is 2.84 bits per heavy atom. The van der Waals surface area contributed by atoms with Crippen molar-refractivity contribution in [3.05, 3.63) is 23.8 Å². The minimum absolute atomic E-state index is 0.0795. The number of fused-ring (bicyclic) bond motifs is 1. The molecule has 1 saturated heterocycles. The number of aliphatic hydroxyl groups is 1. The summed E-state index contributed by atoms with van der Waals surface area (Å²) in [5.74, 6) is -0.322. The fraction of sp³-hybridized carbons (Fsp3) is 0.385. The van der Waals surface area contributed by atoms with Crippen molar-refractivity contribution in [2.45, 2.75) is 6.10 Å². The maximum absolute atomic E-state index is 11.7. The van der Waals surface area contributed by atoms with Crippen molar-refractivity contribution in [3.63, 3.8) is 0 Å². The van der Waals surface area contributed by atoms with E-state index in [1.165, 1.54) is 0 Å². The molecule has 3 rings (SSSR count). The van der Waals surface area contributed by atoms with E-state index in [1.54, 1.807) is 18.0 Å². The van der Waals surface area contributed by atoms with Crippen molar-refractivity contribution in [2.75, 3.05) is 36.9 Å². The molecule has 0 bridgehead atoms. The number of rotatable bonds is 1. The number of aliphatic hydroxyl groups excluding tert-OH is 1. The van der Waals surface area contributed by atoms with Crippen LogP contribution in [0.5, 0.6) is 0 Å². The van der Waals surface area contributed by atoms with Crippen LogP contribution < -0.4 is 10.2 Å². The molecule has 2 amide bonds. The molecule has 100 valence electrons. The molecule has 0 radical (unpaired) electrons. The highest BCUT2D eigenvalue weighted by Crippen LogP contribution is 2.34. The number of hydrogen-bond acceptors (Lipinski definition) is 4. The molecule has 1 aromatic rings. The molecule has 2 aliphatic heterocycles. The highest BCUT2D eigenvalue weighted by molar-refractivity contribution is 6.02. The van der Waals surface area contributed by atoms with E-state index in [4.69, 9.17) is 0 Å². The lowest BCUT2D eigenvalue weighted by atomic mass is 10.1. The number of hydrogen-bond donors (Lipinski definition) is 2. The minimum Gasteiger partial charge on any atom is -0.378 e. The van der Waals surface area contributed by atoms with Gasteiger partial charge in [-0.3, -0.25) is 9.59 Å². The predicted molar refractivity (Wildman–Crippen MR) is 69.9 cm³/mol. The third-order valence-corrected chi connectivity index (χ3v) is 3.66. The molecule has 6 heteroatoms. The Labute approximate surface area is 110 Å². The van der Waals surface area contributed by atoms with Gasteiger partial charge in [-0.15, -0.1) is 0 Å². The van der Waals surface area contributed by atoms with Gasteiger partial charge in [-0.25, -0.2) is 0 Å². The lowest BCUT2D eigenvalue weighted by Crippen LogP contribution is -2.48. The fourth-order valence-electron chi connectivity index (χ4n) is 2.41. The van der Waals surface area contributed by atoms with Crippen molar-refractivity contribution < 1.29 is 14.7 Å². The van der Waals surface area contributed by atoms with Crippen LogP contribution in [0.2, 0.25) is 0 Å². The van der Waals surface area contributed by atoms with Gasteiger partial charge in [0, 0.05) is 37.1 Å². The number of carbonyl (C=O) groups is 2. The summed E-state index contributed by atoms with van der Waals surface area (Å²) in [5, 5.41) is 12.3. The topological polar surface area (TPSA) is 72.9 Å². The average Bonchev–Trinajstić information content (AvgIpc) is 2.68. The normalized spacial score (nSPS) is 22.5. The number of carbonyl (C=O) groups excluding carboxylic acids is 2. The summed E-state index contributed by atoms with van der Waals surface area (Å²) in [6.45, 7) is 1.79. The zero-order chi connectivity index (χ0) is 13.6. The maximum atomic E-state index is 11.7. The zero-order valence-electron chi connectivity index (χ0n) is 10.6. The van der Waals surface area contributed by atoms with Gasteiger partial charge in [-0.2, -0.15) is 0 Å². The number of anilines is 2. The number of piperazine rings is 1. The van der Waals surface area contributed by atoms with Gasteiger partial charge in [0.15, 0.2) is 6.10 Å². The highest BCUT2D eigenvalue weighted by Gasteiger charge is 2.29. The number of likely N-dealkylation sites (N-methyl/N-ethyl adjacent to an activating group) is 1. The summed E-state index contributed by atoms with van der Waals surface area (Å²) in [6.07, 6.45) is -1.09. The summed E-state index contributed by atoms with van der Waals surface area (Å²) in [7, 11) is 1.79. The van der Waals surface area contributed by atoms with Gasteiger partial charge in [0.05, 0.1) is 6.54 Å². The largest absolute Gasteiger partial charge is 0.378 e. The molecule has 1 atom stereocenters. The number of amides is 2. The second kappa shape index (κ2) is 4.24. The first kappa shape index (κ1) is 12.0. The standard InChI is InChI=1S/C13H15N3O3/c1-15-4-5-16(7-11(15)17)8-2-3-9-10(6-8)14-13(19)12(9)18/h2-3,6,12,18H,4-5,7H2,1H3,(H,14,19). The van der Waals surface area contributed by atoms with Crippen LogP contribution in [0.25, 0.3) is 0 Å². The van der Waals surface area contributed by atoms with Crippen molar-refractivity contribution in [1.29, 1.82) is 0 Å². The third kappa shape index (κ3) is 1.94. The van der Waals surface area contributed by atoms with Crippen molar-refractivity contribution >= 4 is 23.2 Å². The minimum atomic E-state index is -1.09. The van der Waals surface area contributed by atoms with Gasteiger partial charge >= 0.3 is 0 Å². The summed E-state index contributed by atoms with van der Waals surface area (Å²) < 4.78 is 0. The van der Waals surface area contributed by atoms with Crippen LogP contribution in [0.4, 0.5) is 11.4 Å². The summed E-state index contributed by atoms with van der Waals surface area (Å²) in [5.41, 5.74) is 2.10. The van der Waals surface area contributed by atoms with Gasteiger partial charge in [0.25, 0.3) is 5.91 Å². The quantitative estimate of drug-likeness (QED) is 0.743. The van der Waals surface area contributed by atoms with E-state index in [-0.39, 0.29) is 5.91 Å². The van der Waals surface area contributed by atoms with Crippen LogP contribution in [0.1, 0.15) is 11.7 Å². The first-order valence-electron chi connectivity index (χ1n) is 6.18. The molecule has 2 aliphatic rings. The molecule has 2 N–H and O–H groups in total. The molecule has 1 unspecified atom stereocenters. The Morgan fingerprint density at radius 2 is 2.11 bits per heavy atom. The molecular formula is C13H15N3O3. The number of nitrogens with zero attached hydrogens (tertiary/aromatic N) is 2. The molecular weight excluding hydrogens is 246 g/mol. The Hall–Kier alpha value is -2.08. The summed E-state index contributed by atoms with van der Waals surface area (Å²) >= 11 is 0. The third-order valence-electron chi connectivity index (χ3n) is 3.66. The lowest BCUT2D eigenvalue weighted by molar-refractivity contribution is -0.129. The second-order valence-electron chi connectivity index (χ2n) is 4.90. The fourth-order valence-corrected chi connectivity index (χ4v) is 2.41. The first-order chi connectivity index (χ1) is 9.06. The van der Waals surface area contributed by atoms with Gasteiger partial charge < -0.3 is 20.2 Å². The molecule has 1 fully saturated rings.